The minimum Gasteiger partial charge on any atom is -0.333 e. The van der Waals surface area contributed by atoms with Crippen LogP contribution < -0.4 is 5.32 Å². The summed E-state index contributed by atoms with van der Waals surface area (Å²) >= 11 is 0. The fourth-order valence-corrected chi connectivity index (χ4v) is 3.89. The Morgan fingerprint density at radius 1 is 1.21 bits per heavy atom. The van der Waals surface area contributed by atoms with Gasteiger partial charge in [-0.1, -0.05) is 19.8 Å². The molecule has 2 fully saturated rings. The Labute approximate surface area is 116 Å². The third-order valence-corrected chi connectivity index (χ3v) is 5.19. The van der Waals surface area contributed by atoms with Gasteiger partial charge in [-0.25, -0.2) is 4.98 Å². The number of rotatable bonds is 3. The molecule has 4 unspecified atom stereocenters. The van der Waals surface area contributed by atoms with E-state index in [9.17, 15) is 0 Å². The van der Waals surface area contributed by atoms with Crippen molar-refractivity contribution in [2.45, 2.75) is 71.0 Å². The van der Waals surface area contributed by atoms with Crippen molar-refractivity contribution in [2.75, 3.05) is 0 Å². The van der Waals surface area contributed by atoms with Gasteiger partial charge in [-0.05, 0) is 44.4 Å². The van der Waals surface area contributed by atoms with Crippen LogP contribution in [0.25, 0.3) is 0 Å². The quantitative estimate of drug-likeness (QED) is 0.902. The van der Waals surface area contributed by atoms with Gasteiger partial charge < -0.3 is 9.88 Å². The van der Waals surface area contributed by atoms with Crippen LogP contribution in [0.3, 0.4) is 0 Å². The zero-order valence-corrected chi connectivity index (χ0v) is 12.3. The van der Waals surface area contributed by atoms with Gasteiger partial charge in [0.05, 0.1) is 12.0 Å². The van der Waals surface area contributed by atoms with Crippen molar-refractivity contribution in [3.8, 4) is 0 Å². The topological polar surface area (TPSA) is 29.9 Å². The van der Waals surface area contributed by atoms with Crippen LogP contribution in [0.2, 0.25) is 0 Å². The van der Waals surface area contributed by atoms with Gasteiger partial charge in [-0.2, -0.15) is 0 Å². The summed E-state index contributed by atoms with van der Waals surface area (Å²) in [4.78, 5) is 4.41. The highest BCUT2D eigenvalue weighted by Crippen LogP contribution is 2.33. The number of imidazole rings is 1. The molecule has 0 spiro atoms. The molecule has 1 aliphatic heterocycles. The second-order valence-electron chi connectivity index (χ2n) is 6.69. The van der Waals surface area contributed by atoms with E-state index in [1.165, 1.54) is 50.8 Å². The molecule has 0 bridgehead atoms. The van der Waals surface area contributed by atoms with Crippen LogP contribution in [0, 0.1) is 11.8 Å². The van der Waals surface area contributed by atoms with Gasteiger partial charge in [0.15, 0.2) is 0 Å². The van der Waals surface area contributed by atoms with Crippen molar-refractivity contribution in [1.82, 2.24) is 14.9 Å². The number of nitrogens with one attached hydrogen (secondary N) is 1. The van der Waals surface area contributed by atoms with Crippen LogP contribution in [-0.4, -0.2) is 15.6 Å². The molecule has 3 heteroatoms. The molecule has 3 rings (SSSR count). The highest BCUT2D eigenvalue weighted by Gasteiger charge is 2.26. The number of aromatic nitrogens is 2. The fraction of sp³-hybridized carbons (Fsp3) is 0.812. The standard InChI is InChI=1S/C16H27N3/c1-12-5-3-7-14(12)10-19-11-17-9-16(19)15-8-4-6-13(2)18-15/h9,11-15,18H,3-8,10H2,1-2H3. The summed E-state index contributed by atoms with van der Waals surface area (Å²) in [6.45, 7) is 5.88. The van der Waals surface area contributed by atoms with Gasteiger partial charge in [0, 0.05) is 24.8 Å². The van der Waals surface area contributed by atoms with E-state index in [4.69, 9.17) is 0 Å². The Balaban J connectivity index is 1.71. The Morgan fingerprint density at radius 3 is 2.79 bits per heavy atom. The van der Waals surface area contributed by atoms with E-state index in [0.717, 1.165) is 11.8 Å². The zero-order chi connectivity index (χ0) is 13.2. The predicted molar refractivity (Wildman–Crippen MR) is 77.9 cm³/mol. The van der Waals surface area contributed by atoms with Crippen molar-refractivity contribution in [3.63, 3.8) is 0 Å². The van der Waals surface area contributed by atoms with Crippen LogP contribution >= 0.6 is 0 Å². The molecular formula is C16H27N3. The molecule has 0 amide bonds. The first-order chi connectivity index (χ1) is 9.24. The van der Waals surface area contributed by atoms with Gasteiger partial charge in [-0.15, -0.1) is 0 Å². The smallest absolute Gasteiger partial charge is 0.0948 e. The summed E-state index contributed by atoms with van der Waals surface area (Å²) in [7, 11) is 0. The summed E-state index contributed by atoms with van der Waals surface area (Å²) in [6.07, 6.45) is 12.2. The van der Waals surface area contributed by atoms with E-state index in [1.807, 2.05) is 6.33 Å². The number of hydrogen-bond acceptors (Lipinski definition) is 2. The largest absolute Gasteiger partial charge is 0.333 e. The maximum Gasteiger partial charge on any atom is 0.0948 e. The molecule has 1 aliphatic carbocycles. The third-order valence-electron chi connectivity index (χ3n) is 5.19. The average molecular weight is 261 g/mol. The number of hydrogen-bond donors (Lipinski definition) is 1. The SMILES string of the molecule is CC1CCCC(c2cncn2CC2CCCC2C)N1. The highest BCUT2D eigenvalue weighted by molar-refractivity contribution is 5.07. The van der Waals surface area contributed by atoms with Gasteiger partial charge in [0.2, 0.25) is 0 Å². The van der Waals surface area contributed by atoms with E-state index in [0.29, 0.717) is 12.1 Å². The van der Waals surface area contributed by atoms with Crippen LogP contribution in [0.1, 0.15) is 64.1 Å². The maximum absolute atomic E-state index is 4.41. The zero-order valence-electron chi connectivity index (χ0n) is 12.3. The summed E-state index contributed by atoms with van der Waals surface area (Å²) in [6, 6.07) is 1.16. The molecule has 0 radical (unpaired) electrons. The van der Waals surface area contributed by atoms with E-state index in [-0.39, 0.29) is 0 Å². The normalized spacial score (nSPS) is 35.7. The third kappa shape index (κ3) is 2.86. The Morgan fingerprint density at radius 2 is 2.05 bits per heavy atom. The lowest BCUT2D eigenvalue weighted by Crippen LogP contribution is -2.35. The van der Waals surface area contributed by atoms with E-state index in [1.54, 1.807) is 0 Å². The number of nitrogens with zero attached hydrogens (tertiary/aromatic N) is 2. The molecule has 0 aromatic carbocycles. The molecule has 1 saturated heterocycles. The Kier molecular flexibility index (Phi) is 3.92. The second-order valence-corrected chi connectivity index (χ2v) is 6.69. The van der Waals surface area contributed by atoms with Gasteiger partial charge in [0.25, 0.3) is 0 Å². The van der Waals surface area contributed by atoms with Crippen LogP contribution in [0.15, 0.2) is 12.5 Å². The molecule has 1 aromatic rings. The van der Waals surface area contributed by atoms with Gasteiger partial charge in [0.1, 0.15) is 0 Å². The Hall–Kier alpha value is -0.830. The molecule has 3 nitrogen and oxygen atoms in total. The van der Waals surface area contributed by atoms with E-state index in [2.05, 4.69) is 34.9 Å². The minimum atomic E-state index is 0.517. The molecule has 1 N–H and O–H groups in total. The lowest BCUT2D eigenvalue weighted by Gasteiger charge is -2.30. The van der Waals surface area contributed by atoms with E-state index >= 15 is 0 Å². The lowest BCUT2D eigenvalue weighted by molar-refractivity contribution is 0.312. The highest BCUT2D eigenvalue weighted by atomic mass is 15.1. The molecule has 2 aliphatic rings. The van der Waals surface area contributed by atoms with Crippen molar-refractivity contribution < 1.29 is 0 Å². The molecule has 1 aromatic heterocycles. The predicted octanol–water partition coefficient (Wildman–Crippen LogP) is 3.52. The summed E-state index contributed by atoms with van der Waals surface area (Å²) in [5, 5.41) is 3.73. The monoisotopic (exact) mass is 261 g/mol. The van der Waals surface area contributed by atoms with Crippen LogP contribution in [-0.2, 0) is 6.54 Å². The molecule has 2 heterocycles. The number of piperidine rings is 1. The second kappa shape index (κ2) is 5.66. The minimum absolute atomic E-state index is 0.517. The summed E-state index contributed by atoms with van der Waals surface area (Å²) in [5.41, 5.74) is 1.41. The molecule has 19 heavy (non-hydrogen) atoms. The first-order valence-electron chi connectivity index (χ1n) is 8.00. The van der Waals surface area contributed by atoms with Crippen LogP contribution in [0.5, 0.6) is 0 Å². The summed E-state index contributed by atoms with van der Waals surface area (Å²) < 4.78 is 2.42. The lowest BCUT2D eigenvalue weighted by atomic mass is 9.96. The average Bonchev–Trinajstić information content (AvgIpc) is 3.00. The fourth-order valence-electron chi connectivity index (χ4n) is 3.89. The van der Waals surface area contributed by atoms with Crippen molar-refractivity contribution >= 4 is 0 Å². The van der Waals surface area contributed by atoms with Crippen molar-refractivity contribution in [1.29, 1.82) is 0 Å². The van der Waals surface area contributed by atoms with Crippen LogP contribution in [0.4, 0.5) is 0 Å². The molecular weight excluding hydrogens is 234 g/mol. The first-order valence-corrected chi connectivity index (χ1v) is 8.00. The van der Waals surface area contributed by atoms with Crippen molar-refractivity contribution in [2.24, 2.45) is 11.8 Å². The molecule has 106 valence electrons. The van der Waals surface area contributed by atoms with Gasteiger partial charge >= 0.3 is 0 Å². The van der Waals surface area contributed by atoms with E-state index < -0.39 is 0 Å². The first kappa shape index (κ1) is 13.2. The Bertz CT molecular complexity index is 412. The van der Waals surface area contributed by atoms with Crippen molar-refractivity contribution in [3.05, 3.63) is 18.2 Å². The molecule has 1 saturated carbocycles. The molecule has 4 atom stereocenters. The maximum atomic E-state index is 4.41. The van der Waals surface area contributed by atoms with Gasteiger partial charge in [-0.3, -0.25) is 0 Å². The summed E-state index contributed by atoms with van der Waals surface area (Å²) in [5.74, 6) is 1.74.